The summed E-state index contributed by atoms with van der Waals surface area (Å²) in [5, 5.41) is 5.12. The summed E-state index contributed by atoms with van der Waals surface area (Å²) in [4.78, 5) is 5.66. The molecule has 1 aromatic heterocycles. The molecule has 0 bridgehead atoms. The molecule has 1 aromatic carbocycles. The molecule has 0 amide bonds. The van der Waals surface area contributed by atoms with Gasteiger partial charge in [0.05, 0.1) is 5.02 Å². The summed E-state index contributed by atoms with van der Waals surface area (Å²) in [6.07, 6.45) is 3.07. The molecular weight excluding hydrogens is 252 g/mol. The maximum atomic E-state index is 6.15. The summed E-state index contributed by atoms with van der Waals surface area (Å²) in [6.45, 7) is 4.09. The van der Waals surface area contributed by atoms with Crippen LogP contribution < -0.4 is 5.32 Å². The second-order valence-electron chi connectivity index (χ2n) is 3.79. The van der Waals surface area contributed by atoms with Crippen LogP contribution in [0, 0.1) is 0 Å². The van der Waals surface area contributed by atoms with E-state index in [1.54, 1.807) is 11.3 Å². The van der Waals surface area contributed by atoms with Crippen molar-refractivity contribution in [3.63, 3.8) is 0 Å². The monoisotopic (exact) mass is 266 g/mol. The molecule has 17 heavy (non-hydrogen) atoms. The van der Waals surface area contributed by atoms with E-state index in [9.17, 15) is 0 Å². The Morgan fingerprint density at radius 2 is 2.18 bits per heavy atom. The molecule has 0 saturated carbocycles. The highest BCUT2D eigenvalue weighted by Gasteiger charge is 2.07. The fraction of sp³-hybridized carbons (Fsp3) is 0.308. The van der Waals surface area contributed by atoms with Gasteiger partial charge in [0.15, 0.2) is 0 Å². The lowest BCUT2D eigenvalue weighted by Gasteiger charge is -1.99. The summed E-state index contributed by atoms with van der Waals surface area (Å²) >= 11 is 7.84. The first-order valence-electron chi connectivity index (χ1n) is 5.71. The van der Waals surface area contributed by atoms with Gasteiger partial charge in [-0.2, -0.15) is 0 Å². The van der Waals surface area contributed by atoms with Crippen LogP contribution in [0.3, 0.4) is 0 Å². The first-order valence-corrected chi connectivity index (χ1v) is 6.91. The van der Waals surface area contributed by atoms with Crippen LogP contribution in [-0.2, 0) is 6.54 Å². The Morgan fingerprint density at radius 1 is 1.35 bits per heavy atom. The smallest absolute Gasteiger partial charge is 0.125 e. The molecule has 0 aliphatic heterocycles. The number of aromatic nitrogens is 1. The topological polar surface area (TPSA) is 24.9 Å². The number of halogens is 1. The van der Waals surface area contributed by atoms with Crippen LogP contribution in [0.2, 0.25) is 5.02 Å². The van der Waals surface area contributed by atoms with Crippen LogP contribution in [-0.4, -0.2) is 11.5 Å². The van der Waals surface area contributed by atoms with Gasteiger partial charge in [-0.3, -0.25) is 0 Å². The lowest BCUT2D eigenvalue weighted by atomic mass is 10.2. The molecular formula is C13H15ClN2S. The zero-order valence-corrected chi connectivity index (χ0v) is 11.3. The second kappa shape index (κ2) is 6.15. The third-order valence-corrected chi connectivity index (χ3v) is 3.74. The van der Waals surface area contributed by atoms with Gasteiger partial charge in [-0.1, -0.05) is 36.7 Å². The number of rotatable bonds is 5. The van der Waals surface area contributed by atoms with E-state index >= 15 is 0 Å². The fourth-order valence-corrected chi connectivity index (χ4v) is 2.74. The van der Waals surface area contributed by atoms with Crippen molar-refractivity contribution < 1.29 is 0 Å². The Kier molecular flexibility index (Phi) is 4.54. The molecule has 1 N–H and O–H groups in total. The van der Waals surface area contributed by atoms with E-state index in [0.717, 1.165) is 35.1 Å². The quantitative estimate of drug-likeness (QED) is 0.829. The van der Waals surface area contributed by atoms with E-state index in [0.29, 0.717) is 0 Å². The lowest BCUT2D eigenvalue weighted by molar-refractivity contribution is 0.681. The van der Waals surface area contributed by atoms with Crippen molar-refractivity contribution in [2.75, 3.05) is 6.54 Å². The predicted molar refractivity (Wildman–Crippen MR) is 74.6 cm³/mol. The van der Waals surface area contributed by atoms with Gasteiger partial charge in [-0.25, -0.2) is 4.98 Å². The average molecular weight is 267 g/mol. The molecule has 2 rings (SSSR count). The minimum absolute atomic E-state index is 0.759. The summed E-state index contributed by atoms with van der Waals surface area (Å²) < 4.78 is 0. The molecule has 0 radical (unpaired) electrons. The van der Waals surface area contributed by atoms with E-state index in [2.05, 4.69) is 17.2 Å². The van der Waals surface area contributed by atoms with E-state index in [1.807, 2.05) is 30.5 Å². The van der Waals surface area contributed by atoms with Gasteiger partial charge >= 0.3 is 0 Å². The van der Waals surface area contributed by atoms with Crippen molar-refractivity contribution in [2.24, 2.45) is 0 Å². The van der Waals surface area contributed by atoms with Crippen LogP contribution in [0.15, 0.2) is 30.5 Å². The Hall–Kier alpha value is -0.900. The van der Waals surface area contributed by atoms with Crippen molar-refractivity contribution in [1.29, 1.82) is 0 Å². The first kappa shape index (κ1) is 12.6. The largest absolute Gasteiger partial charge is 0.312 e. The first-order chi connectivity index (χ1) is 8.31. The van der Waals surface area contributed by atoms with E-state index in [-0.39, 0.29) is 0 Å². The summed E-state index contributed by atoms with van der Waals surface area (Å²) in [5.41, 5.74) is 1.01. The number of nitrogens with one attached hydrogen (secondary N) is 1. The zero-order valence-electron chi connectivity index (χ0n) is 9.74. The Labute approximate surface area is 111 Å². The minimum atomic E-state index is 0.759. The fourth-order valence-electron chi connectivity index (χ4n) is 1.54. The number of thiazole rings is 1. The number of hydrogen-bond donors (Lipinski definition) is 1. The van der Waals surface area contributed by atoms with Crippen LogP contribution >= 0.6 is 22.9 Å². The molecule has 0 saturated heterocycles. The van der Waals surface area contributed by atoms with Gasteiger partial charge in [0.2, 0.25) is 0 Å². The molecule has 2 nitrogen and oxygen atoms in total. The molecule has 0 aliphatic rings. The maximum Gasteiger partial charge on any atom is 0.125 e. The van der Waals surface area contributed by atoms with Crippen LogP contribution in [0.5, 0.6) is 0 Å². The van der Waals surface area contributed by atoms with E-state index < -0.39 is 0 Å². The Balaban J connectivity index is 2.10. The van der Waals surface area contributed by atoms with Crippen LogP contribution in [0.4, 0.5) is 0 Å². The number of nitrogens with zero attached hydrogens (tertiary/aromatic N) is 1. The number of hydrogen-bond acceptors (Lipinski definition) is 3. The molecule has 0 fully saturated rings. The standard InChI is InChI=1S/C13H15ClN2S/c1-2-7-15-8-10-9-16-13(17-10)11-5-3-4-6-12(11)14/h3-6,9,15H,2,7-8H2,1H3. The molecule has 0 unspecified atom stereocenters. The molecule has 0 aliphatic carbocycles. The van der Waals surface area contributed by atoms with E-state index in [4.69, 9.17) is 11.6 Å². The van der Waals surface area contributed by atoms with Crippen molar-refractivity contribution in [1.82, 2.24) is 10.3 Å². The molecule has 90 valence electrons. The van der Waals surface area contributed by atoms with Gasteiger partial charge in [0.25, 0.3) is 0 Å². The van der Waals surface area contributed by atoms with E-state index in [1.165, 1.54) is 4.88 Å². The van der Waals surface area contributed by atoms with Gasteiger partial charge in [0.1, 0.15) is 5.01 Å². The van der Waals surface area contributed by atoms with Crippen molar-refractivity contribution in [3.05, 3.63) is 40.4 Å². The highest BCUT2D eigenvalue weighted by atomic mass is 35.5. The summed E-state index contributed by atoms with van der Waals surface area (Å²) in [6, 6.07) is 7.82. The summed E-state index contributed by atoms with van der Waals surface area (Å²) in [7, 11) is 0. The highest BCUT2D eigenvalue weighted by Crippen LogP contribution is 2.30. The van der Waals surface area contributed by atoms with Gasteiger partial charge in [-0.15, -0.1) is 11.3 Å². The van der Waals surface area contributed by atoms with Crippen molar-refractivity contribution in [2.45, 2.75) is 19.9 Å². The molecule has 1 heterocycles. The van der Waals surface area contributed by atoms with Crippen LogP contribution in [0.1, 0.15) is 18.2 Å². The third kappa shape index (κ3) is 3.28. The minimum Gasteiger partial charge on any atom is -0.312 e. The predicted octanol–water partition coefficient (Wildman–Crippen LogP) is 3.96. The third-order valence-electron chi connectivity index (χ3n) is 2.38. The van der Waals surface area contributed by atoms with Crippen molar-refractivity contribution in [3.8, 4) is 10.6 Å². The zero-order chi connectivity index (χ0) is 12.1. The highest BCUT2D eigenvalue weighted by molar-refractivity contribution is 7.15. The average Bonchev–Trinajstić information content (AvgIpc) is 2.79. The SMILES string of the molecule is CCCNCc1cnc(-c2ccccc2Cl)s1. The van der Waals surface area contributed by atoms with Crippen molar-refractivity contribution >= 4 is 22.9 Å². The summed E-state index contributed by atoms with van der Waals surface area (Å²) in [5.74, 6) is 0. The van der Waals surface area contributed by atoms with Gasteiger partial charge in [0, 0.05) is 23.2 Å². The van der Waals surface area contributed by atoms with Gasteiger partial charge in [-0.05, 0) is 19.0 Å². The lowest BCUT2D eigenvalue weighted by Crippen LogP contribution is -2.12. The Bertz CT molecular complexity index is 482. The number of benzene rings is 1. The second-order valence-corrected chi connectivity index (χ2v) is 5.31. The van der Waals surface area contributed by atoms with Crippen LogP contribution in [0.25, 0.3) is 10.6 Å². The molecule has 0 spiro atoms. The van der Waals surface area contributed by atoms with Gasteiger partial charge < -0.3 is 5.32 Å². The molecule has 4 heteroatoms. The normalized spacial score (nSPS) is 10.7. The molecule has 2 aromatic rings. The Morgan fingerprint density at radius 3 is 2.94 bits per heavy atom. The molecule has 0 atom stereocenters. The maximum absolute atomic E-state index is 6.15.